The Morgan fingerprint density at radius 1 is 1.00 bits per heavy atom. The summed E-state index contributed by atoms with van der Waals surface area (Å²) >= 11 is 0. The maximum Gasteiger partial charge on any atom is 0.222 e. The standard InChI is InChI=1S/C34H60N2O3/c1-22(2)29(37)12-9-23(3)26-10-11-27-32-28(14-16-34(26,27)5)33(4)15-13-25(20-24(33)21-30(32)38)35-17-7-19-36-18-6-8-31(36)39/h22-30,32,35,37-38H,6-21H2,1-5H3/t23-,24-,25+,26-,27?,28?,29-,30-,32?,33+,34-/m1/s1. The Labute approximate surface area is 239 Å². The van der Waals surface area contributed by atoms with E-state index in [0.717, 1.165) is 64.1 Å². The Morgan fingerprint density at radius 3 is 2.46 bits per heavy atom. The molecule has 4 aliphatic carbocycles. The Balaban J connectivity index is 1.17. The summed E-state index contributed by atoms with van der Waals surface area (Å²) in [6.07, 6.45) is 14.5. The van der Waals surface area contributed by atoms with E-state index in [4.69, 9.17) is 0 Å². The fourth-order valence-corrected chi connectivity index (χ4v) is 10.9. The summed E-state index contributed by atoms with van der Waals surface area (Å²) in [5.41, 5.74) is 0.722. The highest BCUT2D eigenvalue weighted by Gasteiger charge is 2.62. The lowest BCUT2D eigenvalue weighted by molar-refractivity contribution is -0.167. The average molecular weight is 545 g/mol. The van der Waals surface area contributed by atoms with E-state index in [2.05, 4.69) is 39.9 Å². The molecule has 0 aromatic rings. The number of carbonyl (C=O) groups excluding carboxylic acids is 1. The van der Waals surface area contributed by atoms with Crippen molar-refractivity contribution in [1.29, 1.82) is 0 Å². The fraction of sp³-hybridized carbons (Fsp3) is 0.971. The highest BCUT2D eigenvalue weighted by atomic mass is 16.3. The summed E-state index contributed by atoms with van der Waals surface area (Å²) in [7, 11) is 0. The van der Waals surface area contributed by atoms with Gasteiger partial charge in [0.2, 0.25) is 5.91 Å². The van der Waals surface area contributed by atoms with Crippen molar-refractivity contribution in [1.82, 2.24) is 10.2 Å². The van der Waals surface area contributed by atoms with Crippen molar-refractivity contribution in [3.05, 3.63) is 0 Å². The van der Waals surface area contributed by atoms with Gasteiger partial charge in [0.05, 0.1) is 12.2 Å². The molecule has 5 nitrogen and oxygen atoms in total. The van der Waals surface area contributed by atoms with Crippen LogP contribution in [-0.2, 0) is 4.79 Å². The van der Waals surface area contributed by atoms with Crippen LogP contribution in [0.1, 0.15) is 118 Å². The number of nitrogens with zero attached hydrogens (tertiary/aromatic N) is 1. The Hall–Kier alpha value is -0.650. The van der Waals surface area contributed by atoms with E-state index in [-0.39, 0.29) is 12.2 Å². The van der Waals surface area contributed by atoms with Gasteiger partial charge >= 0.3 is 0 Å². The first-order valence-electron chi connectivity index (χ1n) is 16.9. The van der Waals surface area contributed by atoms with Gasteiger partial charge in [0.25, 0.3) is 0 Å². The van der Waals surface area contributed by atoms with Crippen molar-refractivity contribution in [3.8, 4) is 0 Å². The van der Waals surface area contributed by atoms with E-state index >= 15 is 0 Å². The van der Waals surface area contributed by atoms with Crippen LogP contribution in [0.4, 0.5) is 0 Å². The van der Waals surface area contributed by atoms with Gasteiger partial charge in [0.15, 0.2) is 0 Å². The van der Waals surface area contributed by atoms with Crippen LogP contribution in [-0.4, -0.2) is 58.9 Å². The molecule has 0 aromatic carbocycles. The zero-order valence-corrected chi connectivity index (χ0v) is 25.8. The van der Waals surface area contributed by atoms with Gasteiger partial charge in [-0.2, -0.15) is 0 Å². The Kier molecular flexibility index (Phi) is 9.12. The number of nitrogens with one attached hydrogen (secondary N) is 1. The van der Waals surface area contributed by atoms with E-state index in [0.29, 0.717) is 58.3 Å². The second-order valence-corrected chi connectivity index (χ2v) is 15.7. The minimum absolute atomic E-state index is 0.144. The van der Waals surface area contributed by atoms with Gasteiger partial charge in [-0.25, -0.2) is 0 Å². The van der Waals surface area contributed by atoms with Gasteiger partial charge in [0, 0.05) is 25.6 Å². The van der Waals surface area contributed by atoms with Crippen LogP contribution in [0.3, 0.4) is 0 Å². The molecule has 3 unspecified atom stereocenters. The van der Waals surface area contributed by atoms with Crippen molar-refractivity contribution in [2.75, 3.05) is 19.6 Å². The SMILES string of the molecule is CC(C)[C@H](O)CC[C@@H](C)[C@H]1CCC2C3C(CC[C@@]21C)[C@@]1(C)CC[C@H](NCCCN2CCCC2=O)C[C@@H]1C[C@H]3O. The summed E-state index contributed by atoms with van der Waals surface area (Å²) in [6.45, 7) is 14.7. The summed E-state index contributed by atoms with van der Waals surface area (Å²) in [4.78, 5) is 13.9. The molecule has 1 amide bonds. The lowest BCUT2D eigenvalue weighted by Gasteiger charge is -2.62. The van der Waals surface area contributed by atoms with Gasteiger partial charge in [-0.15, -0.1) is 0 Å². The molecule has 0 spiro atoms. The second kappa shape index (κ2) is 11.9. The maximum absolute atomic E-state index is 11.9. The Bertz CT molecular complexity index is 848. The average Bonchev–Trinajstić information content (AvgIpc) is 3.47. The molecule has 5 fully saturated rings. The molecule has 1 aliphatic heterocycles. The first-order chi connectivity index (χ1) is 18.5. The number of hydrogen-bond donors (Lipinski definition) is 3. The van der Waals surface area contributed by atoms with Gasteiger partial charge in [-0.3, -0.25) is 4.79 Å². The van der Waals surface area contributed by atoms with E-state index < -0.39 is 0 Å². The lowest BCUT2D eigenvalue weighted by Crippen LogP contribution is -2.59. The molecule has 0 aromatic heterocycles. The van der Waals surface area contributed by atoms with Gasteiger partial charge in [0.1, 0.15) is 0 Å². The molecular weight excluding hydrogens is 484 g/mol. The summed E-state index contributed by atoms with van der Waals surface area (Å²) in [5.74, 6) is 4.50. The summed E-state index contributed by atoms with van der Waals surface area (Å²) in [6, 6.07) is 0.563. The molecule has 5 heteroatoms. The van der Waals surface area contributed by atoms with E-state index in [1.165, 1.54) is 44.9 Å². The van der Waals surface area contributed by atoms with Crippen molar-refractivity contribution in [2.45, 2.75) is 136 Å². The van der Waals surface area contributed by atoms with Crippen LogP contribution in [0.2, 0.25) is 0 Å². The van der Waals surface area contributed by atoms with Crippen LogP contribution in [0.25, 0.3) is 0 Å². The molecule has 224 valence electrons. The zero-order valence-electron chi connectivity index (χ0n) is 25.8. The molecule has 1 saturated heterocycles. The number of rotatable bonds is 10. The fourth-order valence-electron chi connectivity index (χ4n) is 10.9. The van der Waals surface area contributed by atoms with E-state index in [1.807, 2.05) is 4.90 Å². The number of hydrogen-bond acceptors (Lipinski definition) is 4. The van der Waals surface area contributed by atoms with E-state index in [9.17, 15) is 15.0 Å². The second-order valence-electron chi connectivity index (χ2n) is 15.7. The first-order valence-corrected chi connectivity index (χ1v) is 16.9. The molecule has 39 heavy (non-hydrogen) atoms. The smallest absolute Gasteiger partial charge is 0.222 e. The van der Waals surface area contributed by atoms with E-state index in [1.54, 1.807) is 0 Å². The van der Waals surface area contributed by atoms with Crippen LogP contribution in [0.5, 0.6) is 0 Å². The quantitative estimate of drug-likeness (QED) is 0.294. The molecule has 5 aliphatic rings. The predicted octanol–water partition coefficient (Wildman–Crippen LogP) is 6.02. The highest BCUT2D eigenvalue weighted by molar-refractivity contribution is 5.77. The van der Waals surface area contributed by atoms with Crippen molar-refractivity contribution >= 4 is 5.91 Å². The molecule has 5 rings (SSSR count). The topological polar surface area (TPSA) is 72.8 Å². The molecule has 4 saturated carbocycles. The predicted molar refractivity (Wildman–Crippen MR) is 158 cm³/mol. The molecule has 0 bridgehead atoms. The number of aliphatic hydroxyl groups excluding tert-OH is 2. The van der Waals surface area contributed by atoms with Crippen LogP contribution < -0.4 is 5.32 Å². The molecular formula is C34H60N2O3. The minimum atomic E-state index is -0.177. The highest BCUT2D eigenvalue weighted by Crippen LogP contribution is 2.68. The largest absolute Gasteiger partial charge is 0.393 e. The third-order valence-electron chi connectivity index (χ3n) is 13.3. The molecule has 3 N–H and O–H groups in total. The lowest BCUT2D eigenvalue weighted by atomic mass is 9.43. The number of aliphatic hydroxyl groups is 2. The minimum Gasteiger partial charge on any atom is -0.393 e. The zero-order chi connectivity index (χ0) is 27.9. The number of fused-ring (bicyclic) bond motifs is 5. The van der Waals surface area contributed by atoms with Gasteiger partial charge in [-0.1, -0.05) is 34.6 Å². The monoisotopic (exact) mass is 544 g/mol. The normalized spacial score (nSPS) is 43.7. The molecule has 0 radical (unpaired) electrons. The third-order valence-corrected chi connectivity index (χ3v) is 13.3. The summed E-state index contributed by atoms with van der Waals surface area (Å²) in [5, 5.41) is 26.0. The van der Waals surface area contributed by atoms with Gasteiger partial charge < -0.3 is 20.4 Å². The number of amides is 1. The van der Waals surface area contributed by atoms with Gasteiger partial charge in [-0.05, 0) is 136 Å². The van der Waals surface area contributed by atoms with Crippen LogP contribution in [0, 0.1) is 52.3 Å². The molecule has 1 heterocycles. The van der Waals surface area contributed by atoms with Crippen molar-refractivity contribution in [2.24, 2.45) is 52.3 Å². The molecule has 11 atom stereocenters. The number of carbonyl (C=O) groups is 1. The first kappa shape index (κ1) is 29.8. The maximum atomic E-state index is 11.9. The van der Waals surface area contributed by atoms with Crippen molar-refractivity contribution < 1.29 is 15.0 Å². The van der Waals surface area contributed by atoms with Crippen LogP contribution in [0.15, 0.2) is 0 Å². The van der Waals surface area contributed by atoms with Crippen LogP contribution >= 0.6 is 0 Å². The summed E-state index contributed by atoms with van der Waals surface area (Å²) < 4.78 is 0. The Morgan fingerprint density at radius 2 is 1.74 bits per heavy atom. The number of likely N-dealkylation sites (tertiary alicyclic amines) is 1. The van der Waals surface area contributed by atoms with Crippen molar-refractivity contribution in [3.63, 3.8) is 0 Å². The third kappa shape index (κ3) is 5.72.